The fourth-order valence-corrected chi connectivity index (χ4v) is 0.919. The summed E-state index contributed by atoms with van der Waals surface area (Å²) in [4.78, 5) is 0. The van der Waals surface area contributed by atoms with Gasteiger partial charge in [0.15, 0.2) is 0 Å². The SMILES string of the molecule is CC.CC.CC.CC(C)C.CCC.Cc1ccccc1.c1ccccc1. The third-order valence-corrected chi connectivity index (χ3v) is 1.61. The van der Waals surface area contributed by atoms with Crippen molar-refractivity contribution in [1.82, 2.24) is 0 Å². The van der Waals surface area contributed by atoms with Crippen LogP contribution in [-0.2, 0) is 0 Å². The van der Waals surface area contributed by atoms with E-state index in [0.717, 1.165) is 5.92 Å². The molecule has 0 amide bonds. The molecule has 0 aliphatic carbocycles. The molecule has 0 fully saturated rings. The Bertz CT molecular complexity index is 319. The second-order valence-corrected chi connectivity index (χ2v) is 5.25. The molecule has 0 saturated heterocycles. The van der Waals surface area contributed by atoms with Crippen LogP contribution in [0.1, 0.15) is 88.1 Å². The molecule has 0 spiro atoms. The Kier molecular flexibility index (Phi) is 59.7. The first-order valence-corrected chi connectivity index (χ1v) is 10.6. The molecule has 0 radical (unpaired) electrons. The first-order chi connectivity index (χ1) is 12.5. The van der Waals surface area contributed by atoms with Crippen molar-refractivity contribution < 1.29 is 0 Å². The largest absolute Gasteiger partial charge is 0.0683 e. The number of aryl methyl sites for hydroxylation is 1. The zero-order valence-corrected chi connectivity index (χ0v) is 20.1. The molecule has 0 bridgehead atoms. The molecule has 0 heteroatoms. The van der Waals surface area contributed by atoms with Crippen LogP contribution in [-0.4, -0.2) is 0 Å². The van der Waals surface area contributed by atoms with Gasteiger partial charge < -0.3 is 0 Å². The molecular formula is C26H50. The van der Waals surface area contributed by atoms with Crippen LogP contribution >= 0.6 is 0 Å². The minimum absolute atomic E-state index is 0.833. The van der Waals surface area contributed by atoms with Gasteiger partial charge in [-0.25, -0.2) is 0 Å². The van der Waals surface area contributed by atoms with Gasteiger partial charge in [0.2, 0.25) is 0 Å². The van der Waals surface area contributed by atoms with Crippen LogP contribution in [0, 0.1) is 12.8 Å². The molecule has 26 heavy (non-hydrogen) atoms. The first kappa shape index (κ1) is 35.5. The topological polar surface area (TPSA) is 0 Å². The number of benzene rings is 2. The van der Waals surface area contributed by atoms with E-state index in [-0.39, 0.29) is 0 Å². The molecule has 154 valence electrons. The van der Waals surface area contributed by atoms with Gasteiger partial charge in [-0.1, -0.05) is 155 Å². The lowest BCUT2D eigenvalue weighted by Crippen LogP contribution is -1.66. The molecule has 2 aromatic carbocycles. The van der Waals surface area contributed by atoms with Crippen molar-refractivity contribution in [1.29, 1.82) is 0 Å². The molecule has 0 nitrogen and oxygen atoms in total. The second-order valence-electron chi connectivity index (χ2n) is 5.25. The van der Waals surface area contributed by atoms with Crippen LogP contribution in [0.15, 0.2) is 66.7 Å². The zero-order chi connectivity index (χ0) is 21.6. The quantitative estimate of drug-likeness (QED) is 0.437. The first-order valence-electron chi connectivity index (χ1n) is 10.6. The van der Waals surface area contributed by atoms with Gasteiger partial charge in [0.05, 0.1) is 0 Å². The van der Waals surface area contributed by atoms with Gasteiger partial charge in [0.25, 0.3) is 0 Å². The normalized spacial score (nSPS) is 6.96. The Morgan fingerprint density at radius 3 is 0.808 bits per heavy atom. The Morgan fingerprint density at radius 1 is 0.538 bits per heavy atom. The molecule has 0 unspecified atom stereocenters. The van der Waals surface area contributed by atoms with Gasteiger partial charge in [-0.2, -0.15) is 0 Å². The number of rotatable bonds is 0. The maximum Gasteiger partial charge on any atom is -0.0398 e. The maximum atomic E-state index is 2.17. The third kappa shape index (κ3) is 66.7. The lowest BCUT2D eigenvalue weighted by molar-refractivity contribution is 0.737. The summed E-state index contributed by atoms with van der Waals surface area (Å²) in [5.41, 5.74) is 1.32. The average Bonchev–Trinajstić information content (AvgIpc) is 2.69. The van der Waals surface area contributed by atoms with Crippen molar-refractivity contribution in [3.8, 4) is 0 Å². The van der Waals surface area contributed by atoms with Crippen LogP contribution in [0.25, 0.3) is 0 Å². The molecular weight excluding hydrogens is 312 g/mol. The van der Waals surface area contributed by atoms with E-state index < -0.39 is 0 Å². The highest BCUT2D eigenvalue weighted by Crippen LogP contribution is 1.92. The smallest absolute Gasteiger partial charge is 0.0398 e. The van der Waals surface area contributed by atoms with Crippen molar-refractivity contribution in [3.05, 3.63) is 72.3 Å². The van der Waals surface area contributed by atoms with Crippen molar-refractivity contribution in [2.45, 2.75) is 89.5 Å². The second kappa shape index (κ2) is 43.7. The lowest BCUT2D eigenvalue weighted by atomic mass is 10.2. The van der Waals surface area contributed by atoms with E-state index >= 15 is 0 Å². The summed E-state index contributed by atoms with van der Waals surface area (Å²) < 4.78 is 0. The number of hydrogen-bond donors (Lipinski definition) is 0. The van der Waals surface area contributed by atoms with E-state index in [2.05, 4.69) is 53.7 Å². The van der Waals surface area contributed by atoms with Gasteiger partial charge in [-0.15, -0.1) is 0 Å². The molecule has 2 rings (SSSR count). The molecule has 0 aliphatic heterocycles. The molecule has 0 N–H and O–H groups in total. The average molecular weight is 363 g/mol. The highest BCUT2D eigenvalue weighted by Gasteiger charge is 1.72. The summed E-state index contributed by atoms with van der Waals surface area (Å²) >= 11 is 0. The fourth-order valence-electron chi connectivity index (χ4n) is 0.919. The van der Waals surface area contributed by atoms with E-state index in [9.17, 15) is 0 Å². The van der Waals surface area contributed by atoms with Crippen molar-refractivity contribution in [2.24, 2.45) is 5.92 Å². The minimum atomic E-state index is 0.833. The molecule has 0 atom stereocenters. The van der Waals surface area contributed by atoms with E-state index in [4.69, 9.17) is 0 Å². The van der Waals surface area contributed by atoms with Gasteiger partial charge in [-0.05, 0) is 12.8 Å². The van der Waals surface area contributed by atoms with Crippen molar-refractivity contribution in [2.75, 3.05) is 0 Å². The maximum absolute atomic E-state index is 2.17. The van der Waals surface area contributed by atoms with Crippen molar-refractivity contribution in [3.63, 3.8) is 0 Å². The minimum Gasteiger partial charge on any atom is -0.0683 e. The van der Waals surface area contributed by atoms with Crippen LogP contribution < -0.4 is 0 Å². The van der Waals surface area contributed by atoms with Crippen molar-refractivity contribution >= 4 is 0 Å². The van der Waals surface area contributed by atoms with Gasteiger partial charge >= 0.3 is 0 Å². The predicted molar refractivity (Wildman–Crippen MR) is 128 cm³/mol. The fraction of sp³-hybridized carbons (Fsp3) is 0.538. The number of hydrogen-bond acceptors (Lipinski definition) is 0. The molecule has 0 aliphatic rings. The Balaban J connectivity index is -0.0000000712. The van der Waals surface area contributed by atoms with Gasteiger partial charge in [0.1, 0.15) is 0 Å². The molecule has 0 heterocycles. The Labute approximate surface area is 168 Å². The van der Waals surface area contributed by atoms with E-state index in [0.29, 0.717) is 0 Å². The molecule has 2 aromatic rings. The highest BCUT2D eigenvalue weighted by atomic mass is 13.8. The molecule has 0 aromatic heterocycles. The van der Waals surface area contributed by atoms with Crippen LogP contribution in [0.4, 0.5) is 0 Å². The summed E-state index contributed by atoms with van der Waals surface area (Å²) in [7, 11) is 0. The van der Waals surface area contributed by atoms with E-state index in [1.54, 1.807) is 0 Å². The third-order valence-electron chi connectivity index (χ3n) is 1.61. The van der Waals surface area contributed by atoms with Crippen LogP contribution in [0.3, 0.4) is 0 Å². The van der Waals surface area contributed by atoms with Gasteiger partial charge in [0, 0.05) is 0 Å². The van der Waals surface area contributed by atoms with Crippen LogP contribution in [0.5, 0.6) is 0 Å². The summed E-state index contributed by atoms with van der Waals surface area (Å²) in [6.07, 6.45) is 1.25. The zero-order valence-electron chi connectivity index (χ0n) is 20.1. The Morgan fingerprint density at radius 2 is 0.692 bits per heavy atom. The standard InChI is InChI=1S/C7H8.C6H6.C4H10.C3H8.3C2H6/c1-7-5-3-2-4-6-7;1-2-4-6-5-3-1;1-4(2)3;1-3-2;3*1-2/h2-6H,1H3;1-6H;4H,1-3H3;3H2,1-2H3;3*1-2H3. The monoisotopic (exact) mass is 362 g/mol. The lowest BCUT2D eigenvalue weighted by Gasteiger charge is -1.82. The van der Waals surface area contributed by atoms with E-state index in [1.807, 2.05) is 96.1 Å². The summed E-state index contributed by atoms with van der Waals surface area (Å²) in [5.74, 6) is 0.833. The summed E-state index contributed by atoms with van der Waals surface area (Å²) in [6, 6.07) is 22.3. The van der Waals surface area contributed by atoms with Crippen LogP contribution in [0.2, 0.25) is 0 Å². The molecule has 0 saturated carbocycles. The summed E-state index contributed by atoms with van der Waals surface area (Å²) in [6.45, 7) is 24.8. The predicted octanol–water partition coefficient (Wildman–Crippen LogP) is 9.84. The summed E-state index contributed by atoms with van der Waals surface area (Å²) in [5, 5.41) is 0. The Hall–Kier alpha value is -1.56. The van der Waals surface area contributed by atoms with E-state index in [1.165, 1.54) is 12.0 Å². The van der Waals surface area contributed by atoms with Gasteiger partial charge in [-0.3, -0.25) is 0 Å². The highest BCUT2D eigenvalue weighted by molar-refractivity contribution is 5.11.